The molecule has 1 heterocycles. The maximum Gasteiger partial charge on any atom is 0.0801 e. The molecule has 1 unspecified atom stereocenters. The standard InChI is InChI=1S/C11H12O/c1-2-5-10(6-3-1)9-11-7-4-8-12-11/h1-7,11H,8-9H2. The Hall–Kier alpha value is -1.08. The number of ether oxygens (including phenoxy) is 1. The van der Waals surface area contributed by atoms with Crippen molar-refractivity contribution in [3.05, 3.63) is 48.0 Å². The quantitative estimate of drug-likeness (QED) is 0.602. The summed E-state index contributed by atoms with van der Waals surface area (Å²) in [5.41, 5.74) is 1.34. The first-order chi connectivity index (χ1) is 5.95. The highest BCUT2D eigenvalue weighted by molar-refractivity contribution is 5.17. The maximum atomic E-state index is 5.45. The van der Waals surface area contributed by atoms with Crippen molar-refractivity contribution in [3.8, 4) is 0 Å². The van der Waals surface area contributed by atoms with Crippen molar-refractivity contribution in [1.29, 1.82) is 0 Å². The van der Waals surface area contributed by atoms with Crippen LogP contribution < -0.4 is 0 Å². The Labute approximate surface area is 72.7 Å². The number of benzene rings is 1. The van der Waals surface area contributed by atoms with Gasteiger partial charge >= 0.3 is 0 Å². The van der Waals surface area contributed by atoms with E-state index in [2.05, 4.69) is 36.4 Å². The third-order valence-electron chi connectivity index (χ3n) is 2.04. The van der Waals surface area contributed by atoms with Crippen LogP contribution in [0.1, 0.15) is 5.56 Å². The Morgan fingerprint density at radius 1 is 1.25 bits per heavy atom. The molecule has 0 aromatic heterocycles. The minimum absolute atomic E-state index is 0.299. The lowest BCUT2D eigenvalue weighted by Gasteiger charge is -2.07. The van der Waals surface area contributed by atoms with Crippen molar-refractivity contribution in [2.24, 2.45) is 0 Å². The number of hydrogen-bond donors (Lipinski definition) is 0. The van der Waals surface area contributed by atoms with Crippen LogP contribution in [0.2, 0.25) is 0 Å². The molecule has 0 aliphatic carbocycles. The molecule has 0 fully saturated rings. The summed E-state index contributed by atoms with van der Waals surface area (Å²) in [7, 11) is 0. The van der Waals surface area contributed by atoms with Crippen LogP contribution in [-0.4, -0.2) is 12.7 Å². The summed E-state index contributed by atoms with van der Waals surface area (Å²) in [4.78, 5) is 0. The van der Waals surface area contributed by atoms with Crippen molar-refractivity contribution >= 4 is 0 Å². The molecular weight excluding hydrogens is 148 g/mol. The van der Waals surface area contributed by atoms with Crippen LogP contribution in [0.15, 0.2) is 42.5 Å². The molecule has 0 bridgehead atoms. The van der Waals surface area contributed by atoms with Gasteiger partial charge < -0.3 is 4.74 Å². The van der Waals surface area contributed by atoms with E-state index in [1.807, 2.05) is 6.07 Å². The monoisotopic (exact) mass is 160 g/mol. The third-order valence-corrected chi connectivity index (χ3v) is 2.04. The van der Waals surface area contributed by atoms with Crippen molar-refractivity contribution in [2.45, 2.75) is 12.5 Å². The number of hydrogen-bond acceptors (Lipinski definition) is 1. The van der Waals surface area contributed by atoms with Crippen molar-refractivity contribution in [1.82, 2.24) is 0 Å². The average molecular weight is 160 g/mol. The predicted octanol–water partition coefficient (Wildman–Crippen LogP) is 2.18. The molecule has 1 aliphatic heterocycles. The third kappa shape index (κ3) is 1.74. The Morgan fingerprint density at radius 3 is 2.75 bits per heavy atom. The summed E-state index contributed by atoms with van der Waals surface area (Å²) in [6.07, 6.45) is 5.50. The molecule has 1 nitrogen and oxygen atoms in total. The summed E-state index contributed by atoms with van der Waals surface area (Å²) in [5.74, 6) is 0. The minimum atomic E-state index is 0.299. The lowest BCUT2D eigenvalue weighted by Crippen LogP contribution is -2.07. The molecule has 0 amide bonds. The summed E-state index contributed by atoms with van der Waals surface area (Å²) < 4.78 is 5.45. The molecule has 1 aromatic carbocycles. The predicted molar refractivity (Wildman–Crippen MR) is 49.0 cm³/mol. The van der Waals surface area contributed by atoms with Crippen LogP contribution in [0.3, 0.4) is 0 Å². The Kier molecular flexibility index (Phi) is 2.23. The molecule has 62 valence electrons. The van der Waals surface area contributed by atoms with Gasteiger partial charge in [-0.15, -0.1) is 0 Å². The van der Waals surface area contributed by atoms with Gasteiger partial charge in [-0.3, -0.25) is 0 Å². The maximum absolute atomic E-state index is 5.45. The van der Waals surface area contributed by atoms with E-state index in [9.17, 15) is 0 Å². The Morgan fingerprint density at radius 2 is 2.08 bits per heavy atom. The van der Waals surface area contributed by atoms with E-state index in [4.69, 9.17) is 4.74 Å². The van der Waals surface area contributed by atoms with Gasteiger partial charge in [0.05, 0.1) is 12.7 Å². The van der Waals surface area contributed by atoms with Gasteiger partial charge in [0, 0.05) is 6.42 Å². The number of rotatable bonds is 2. The molecule has 0 N–H and O–H groups in total. The molecule has 0 saturated carbocycles. The van der Waals surface area contributed by atoms with Gasteiger partial charge in [0.1, 0.15) is 0 Å². The fourth-order valence-electron chi connectivity index (χ4n) is 1.42. The minimum Gasteiger partial charge on any atom is -0.370 e. The summed E-state index contributed by atoms with van der Waals surface area (Å²) in [5, 5.41) is 0. The molecule has 1 atom stereocenters. The van der Waals surface area contributed by atoms with Crippen LogP contribution >= 0.6 is 0 Å². The van der Waals surface area contributed by atoms with E-state index in [1.165, 1.54) is 5.56 Å². The fraction of sp³-hybridized carbons (Fsp3) is 0.273. The molecule has 1 aliphatic rings. The van der Waals surface area contributed by atoms with Crippen LogP contribution in [-0.2, 0) is 11.2 Å². The molecule has 1 heteroatoms. The summed E-state index contributed by atoms with van der Waals surface area (Å²) in [6, 6.07) is 10.4. The first kappa shape index (κ1) is 7.56. The van der Waals surface area contributed by atoms with E-state index >= 15 is 0 Å². The molecule has 2 rings (SSSR count). The topological polar surface area (TPSA) is 9.23 Å². The van der Waals surface area contributed by atoms with Crippen LogP contribution in [0.5, 0.6) is 0 Å². The highest BCUT2D eigenvalue weighted by atomic mass is 16.5. The fourth-order valence-corrected chi connectivity index (χ4v) is 1.42. The van der Waals surface area contributed by atoms with Gasteiger partial charge in [0.25, 0.3) is 0 Å². The van der Waals surface area contributed by atoms with E-state index in [0.29, 0.717) is 6.10 Å². The van der Waals surface area contributed by atoms with Gasteiger partial charge in [-0.1, -0.05) is 42.5 Å². The highest BCUT2D eigenvalue weighted by Gasteiger charge is 2.09. The Bertz CT molecular complexity index is 264. The van der Waals surface area contributed by atoms with Crippen LogP contribution in [0.4, 0.5) is 0 Å². The van der Waals surface area contributed by atoms with E-state index < -0.39 is 0 Å². The molecule has 0 radical (unpaired) electrons. The van der Waals surface area contributed by atoms with Crippen LogP contribution in [0, 0.1) is 0 Å². The zero-order valence-corrected chi connectivity index (χ0v) is 6.94. The van der Waals surface area contributed by atoms with Gasteiger partial charge in [0.15, 0.2) is 0 Å². The van der Waals surface area contributed by atoms with E-state index in [0.717, 1.165) is 13.0 Å². The average Bonchev–Trinajstić information content (AvgIpc) is 2.59. The second kappa shape index (κ2) is 3.55. The smallest absolute Gasteiger partial charge is 0.0801 e. The van der Waals surface area contributed by atoms with Crippen molar-refractivity contribution in [3.63, 3.8) is 0 Å². The molecule has 1 aromatic rings. The highest BCUT2D eigenvalue weighted by Crippen LogP contribution is 2.10. The summed E-state index contributed by atoms with van der Waals surface area (Å²) in [6.45, 7) is 0.775. The van der Waals surface area contributed by atoms with Gasteiger partial charge in [-0.25, -0.2) is 0 Å². The zero-order valence-electron chi connectivity index (χ0n) is 6.94. The van der Waals surface area contributed by atoms with Crippen molar-refractivity contribution in [2.75, 3.05) is 6.61 Å². The second-order valence-electron chi connectivity index (χ2n) is 2.99. The first-order valence-electron chi connectivity index (χ1n) is 4.27. The van der Waals surface area contributed by atoms with Crippen molar-refractivity contribution < 1.29 is 4.74 Å². The first-order valence-corrected chi connectivity index (χ1v) is 4.27. The van der Waals surface area contributed by atoms with Gasteiger partial charge in [0.2, 0.25) is 0 Å². The Balaban J connectivity index is 1.99. The molecule has 0 saturated heterocycles. The molecule has 12 heavy (non-hydrogen) atoms. The molecule has 0 spiro atoms. The van der Waals surface area contributed by atoms with E-state index in [1.54, 1.807) is 0 Å². The van der Waals surface area contributed by atoms with Gasteiger partial charge in [-0.2, -0.15) is 0 Å². The van der Waals surface area contributed by atoms with Gasteiger partial charge in [-0.05, 0) is 5.56 Å². The summed E-state index contributed by atoms with van der Waals surface area (Å²) >= 11 is 0. The lowest BCUT2D eigenvalue weighted by atomic mass is 10.1. The zero-order chi connectivity index (χ0) is 8.23. The lowest BCUT2D eigenvalue weighted by molar-refractivity contribution is 0.128. The normalized spacial score (nSPS) is 21.5. The SMILES string of the molecule is C1=CC(Cc2ccccc2)OC1. The van der Waals surface area contributed by atoms with E-state index in [-0.39, 0.29) is 0 Å². The second-order valence-corrected chi connectivity index (χ2v) is 2.99. The largest absolute Gasteiger partial charge is 0.370 e. The van der Waals surface area contributed by atoms with Crippen LogP contribution in [0.25, 0.3) is 0 Å². The molecular formula is C11H12O.